The highest BCUT2D eigenvalue weighted by Gasteiger charge is 2.04. The molecule has 80 valence electrons. The first-order valence-corrected chi connectivity index (χ1v) is 5.47. The zero-order valence-electron chi connectivity index (χ0n) is 8.40. The van der Waals surface area contributed by atoms with E-state index in [-0.39, 0.29) is 5.91 Å². The predicted octanol–water partition coefficient (Wildman–Crippen LogP) is 3.12. The number of benzene rings is 1. The van der Waals surface area contributed by atoms with E-state index in [9.17, 15) is 4.79 Å². The van der Waals surface area contributed by atoms with Crippen LogP contribution in [-0.2, 0) is 4.79 Å². The van der Waals surface area contributed by atoms with E-state index < -0.39 is 0 Å². The largest absolute Gasteiger partial charge is 0.322 e. The van der Waals surface area contributed by atoms with Gasteiger partial charge in [-0.3, -0.25) is 9.78 Å². The summed E-state index contributed by atoms with van der Waals surface area (Å²) in [5.41, 5.74) is 1.57. The van der Waals surface area contributed by atoms with Gasteiger partial charge in [0.1, 0.15) is 0 Å². The number of halogens is 1. The molecule has 1 heterocycles. The van der Waals surface area contributed by atoms with Crippen molar-refractivity contribution < 1.29 is 4.79 Å². The van der Waals surface area contributed by atoms with Crippen LogP contribution in [0.4, 0.5) is 5.69 Å². The van der Waals surface area contributed by atoms with E-state index in [1.54, 1.807) is 6.20 Å². The molecule has 4 heteroatoms. The standard InChI is InChI=1S/C12H9BrN2O/c1-2-12(16)15-11-5-3-4-10-9(11)6-8(13)7-14-10/h2-7H,1H2,(H,15,16). The fourth-order valence-electron chi connectivity index (χ4n) is 1.42. The smallest absolute Gasteiger partial charge is 0.247 e. The summed E-state index contributed by atoms with van der Waals surface area (Å²) in [6.45, 7) is 3.42. The van der Waals surface area contributed by atoms with Crippen molar-refractivity contribution in [2.45, 2.75) is 0 Å². The molecule has 0 saturated heterocycles. The van der Waals surface area contributed by atoms with Crippen LogP contribution in [0.15, 0.2) is 47.6 Å². The lowest BCUT2D eigenvalue weighted by Crippen LogP contribution is -2.07. The molecule has 1 amide bonds. The highest BCUT2D eigenvalue weighted by atomic mass is 79.9. The van der Waals surface area contributed by atoms with E-state index in [1.807, 2.05) is 24.3 Å². The molecular weight excluding hydrogens is 268 g/mol. The van der Waals surface area contributed by atoms with Gasteiger partial charge in [0.2, 0.25) is 5.91 Å². The molecule has 0 bridgehead atoms. The maximum Gasteiger partial charge on any atom is 0.247 e. The lowest BCUT2D eigenvalue weighted by Gasteiger charge is -2.06. The van der Waals surface area contributed by atoms with Crippen LogP contribution in [-0.4, -0.2) is 10.9 Å². The maximum absolute atomic E-state index is 11.2. The number of amides is 1. The fourth-order valence-corrected chi connectivity index (χ4v) is 1.75. The van der Waals surface area contributed by atoms with Crippen molar-refractivity contribution >= 4 is 38.4 Å². The number of hydrogen-bond donors (Lipinski definition) is 1. The highest BCUT2D eigenvalue weighted by molar-refractivity contribution is 9.10. The highest BCUT2D eigenvalue weighted by Crippen LogP contribution is 2.24. The predicted molar refractivity (Wildman–Crippen MR) is 68.3 cm³/mol. The molecule has 0 aliphatic carbocycles. The Morgan fingerprint density at radius 2 is 2.31 bits per heavy atom. The van der Waals surface area contributed by atoms with E-state index in [4.69, 9.17) is 0 Å². The number of fused-ring (bicyclic) bond motifs is 1. The summed E-state index contributed by atoms with van der Waals surface area (Å²) in [6.07, 6.45) is 2.96. The van der Waals surface area contributed by atoms with Gasteiger partial charge in [-0.2, -0.15) is 0 Å². The number of aromatic nitrogens is 1. The molecule has 1 aromatic carbocycles. The molecule has 1 aromatic heterocycles. The number of hydrogen-bond acceptors (Lipinski definition) is 2. The third-order valence-electron chi connectivity index (χ3n) is 2.14. The molecule has 0 atom stereocenters. The summed E-state index contributed by atoms with van der Waals surface area (Å²) in [7, 11) is 0. The second-order valence-electron chi connectivity index (χ2n) is 3.22. The van der Waals surface area contributed by atoms with Crippen molar-refractivity contribution in [3.05, 3.63) is 47.6 Å². The van der Waals surface area contributed by atoms with E-state index in [1.165, 1.54) is 6.08 Å². The molecule has 16 heavy (non-hydrogen) atoms. The molecule has 3 nitrogen and oxygen atoms in total. The quantitative estimate of drug-likeness (QED) is 0.857. The first-order chi connectivity index (χ1) is 7.70. The molecule has 0 radical (unpaired) electrons. The monoisotopic (exact) mass is 276 g/mol. The summed E-state index contributed by atoms with van der Waals surface area (Å²) < 4.78 is 0.875. The van der Waals surface area contributed by atoms with Gasteiger partial charge in [-0.1, -0.05) is 12.6 Å². The normalized spacial score (nSPS) is 10.1. The Bertz CT molecular complexity index is 566. The molecule has 0 fully saturated rings. The third-order valence-corrected chi connectivity index (χ3v) is 2.57. The minimum absolute atomic E-state index is 0.229. The summed E-state index contributed by atoms with van der Waals surface area (Å²) in [4.78, 5) is 15.5. The first kappa shape index (κ1) is 10.8. The summed E-state index contributed by atoms with van der Waals surface area (Å²) >= 11 is 3.35. The molecular formula is C12H9BrN2O. The lowest BCUT2D eigenvalue weighted by atomic mass is 10.2. The second-order valence-corrected chi connectivity index (χ2v) is 4.13. The van der Waals surface area contributed by atoms with E-state index >= 15 is 0 Å². The Morgan fingerprint density at radius 1 is 1.50 bits per heavy atom. The van der Waals surface area contributed by atoms with Gasteiger partial charge in [0.05, 0.1) is 11.2 Å². The van der Waals surface area contributed by atoms with Gasteiger partial charge in [-0.15, -0.1) is 0 Å². The molecule has 0 unspecified atom stereocenters. The maximum atomic E-state index is 11.2. The van der Waals surface area contributed by atoms with Crippen LogP contribution in [0, 0.1) is 0 Å². The van der Waals surface area contributed by atoms with E-state index in [2.05, 4.69) is 32.8 Å². The number of rotatable bonds is 2. The van der Waals surface area contributed by atoms with Crippen LogP contribution in [0.25, 0.3) is 10.9 Å². The fraction of sp³-hybridized carbons (Fsp3) is 0. The van der Waals surface area contributed by atoms with Crippen molar-refractivity contribution in [2.75, 3.05) is 5.32 Å². The lowest BCUT2D eigenvalue weighted by molar-refractivity contribution is -0.111. The van der Waals surface area contributed by atoms with Gasteiger partial charge in [0.15, 0.2) is 0 Å². The van der Waals surface area contributed by atoms with Crippen molar-refractivity contribution in [1.29, 1.82) is 0 Å². The number of carbonyl (C=O) groups is 1. The average molecular weight is 277 g/mol. The topological polar surface area (TPSA) is 42.0 Å². The van der Waals surface area contributed by atoms with Crippen molar-refractivity contribution in [3.8, 4) is 0 Å². The molecule has 2 aromatic rings. The van der Waals surface area contributed by atoms with Gasteiger partial charge in [-0.25, -0.2) is 0 Å². The van der Waals surface area contributed by atoms with Gasteiger partial charge in [-0.05, 0) is 40.2 Å². The number of nitrogens with one attached hydrogen (secondary N) is 1. The van der Waals surface area contributed by atoms with Crippen LogP contribution in [0.5, 0.6) is 0 Å². The van der Waals surface area contributed by atoms with E-state index in [0.29, 0.717) is 0 Å². The zero-order valence-corrected chi connectivity index (χ0v) is 9.99. The van der Waals surface area contributed by atoms with Crippen molar-refractivity contribution in [1.82, 2.24) is 4.98 Å². The Labute approximate surface area is 101 Å². The second kappa shape index (κ2) is 4.45. The molecule has 0 aliphatic rings. The SMILES string of the molecule is C=CC(=O)Nc1cccc2ncc(Br)cc12. The van der Waals surface area contributed by atoms with Crippen LogP contribution in [0.2, 0.25) is 0 Å². The Kier molecular flexibility index (Phi) is 3.01. The van der Waals surface area contributed by atoms with E-state index in [0.717, 1.165) is 21.1 Å². The molecule has 0 aliphatic heterocycles. The molecule has 2 rings (SSSR count). The van der Waals surface area contributed by atoms with Gasteiger partial charge in [0.25, 0.3) is 0 Å². The van der Waals surface area contributed by atoms with Crippen LogP contribution in [0.1, 0.15) is 0 Å². The van der Waals surface area contributed by atoms with Crippen LogP contribution < -0.4 is 5.32 Å². The zero-order chi connectivity index (χ0) is 11.5. The summed E-state index contributed by atoms with van der Waals surface area (Å²) in [6, 6.07) is 7.49. The number of pyridine rings is 1. The van der Waals surface area contributed by atoms with Gasteiger partial charge < -0.3 is 5.32 Å². The summed E-state index contributed by atoms with van der Waals surface area (Å²) in [5, 5.41) is 3.64. The molecule has 0 saturated carbocycles. The minimum Gasteiger partial charge on any atom is -0.322 e. The van der Waals surface area contributed by atoms with Crippen molar-refractivity contribution in [3.63, 3.8) is 0 Å². The number of nitrogens with zero attached hydrogens (tertiary/aromatic N) is 1. The average Bonchev–Trinajstić information content (AvgIpc) is 2.29. The van der Waals surface area contributed by atoms with Crippen LogP contribution in [0.3, 0.4) is 0 Å². The Balaban J connectivity index is 2.55. The van der Waals surface area contributed by atoms with Crippen molar-refractivity contribution in [2.24, 2.45) is 0 Å². The van der Waals surface area contributed by atoms with Gasteiger partial charge in [0, 0.05) is 16.1 Å². The summed E-state index contributed by atoms with van der Waals surface area (Å²) in [5.74, 6) is -0.229. The number of carbonyl (C=O) groups excluding carboxylic acids is 1. The van der Waals surface area contributed by atoms with Crippen LogP contribution >= 0.6 is 15.9 Å². The Hall–Kier alpha value is -1.68. The Morgan fingerprint density at radius 3 is 3.06 bits per heavy atom. The molecule has 1 N–H and O–H groups in total. The van der Waals surface area contributed by atoms with Gasteiger partial charge >= 0.3 is 0 Å². The number of anilines is 1. The third kappa shape index (κ3) is 2.12. The first-order valence-electron chi connectivity index (χ1n) is 4.68. The minimum atomic E-state index is -0.229. The molecule has 0 spiro atoms.